The highest BCUT2D eigenvalue weighted by Gasteiger charge is 2.30. The highest BCUT2D eigenvalue weighted by atomic mass is 19.4. The first kappa shape index (κ1) is 21.8. The summed E-state index contributed by atoms with van der Waals surface area (Å²) in [5.74, 6) is -0.575. The number of alkyl halides is 3. The maximum absolute atomic E-state index is 13.1. The Bertz CT molecular complexity index is 1240. The Morgan fingerprint density at radius 2 is 1.94 bits per heavy atom. The van der Waals surface area contributed by atoms with Gasteiger partial charge in [0.15, 0.2) is 5.69 Å². The number of anilines is 1. The highest BCUT2D eigenvalue weighted by Crippen LogP contribution is 2.30. The number of halogens is 3. The third-order valence-electron chi connectivity index (χ3n) is 4.32. The minimum atomic E-state index is -4.55. The number of hydrogen-bond donors (Lipinski definition) is 1. The summed E-state index contributed by atoms with van der Waals surface area (Å²) in [6.45, 7) is 3.43. The van der Waals surface area contributed by atoms with Gasteiger partial charge in [-0.25, -0.2) is 9.36 Å². The lowest BCUT2D eigenvalue weighted by molar-refractivity contribution is -0.137. The molecule has 1 amide bonds. The van der Waals surface area contributed by atoms with Crippen LogP contribution in [0.2, 0.25) is 0 Å². The maximum Gasteiger partial charge on any atom is 0.416 e. The number of amides is 1. The second kappa shape index (κ2) is 8.43. The van der Waals surface area contributed by atoms with Crippen molar-refractivity contribution in [2.45, 2.75) is 33.0 Å². The van der Waals surface area contributed by atoms with E-state index in [1.807, 2.05) is 6.07 Å². The molecule has 3 aromatic rings. The van der Waals surface area contributed by atoms with Crippen molar-refractivity contribution in [2.24, 2.45) is 0 Å². The van der Waals surface area contributed by atoms with Gasteiger partial charge in [0.1, 0.15) is 5.82 Å². The average Bonchev–Trinajstić information content (AvgIpc) is 3.04. The SMILES string of the molecule is Cc1cc(NC(=O)c2nn(-c3cccc(C(F)(F)F)c3)c(C)cc2=O)n(CCC#N)n1. The average molecular weight is 430 g/mol. The molecule has 160 valence electrons. The van der Waals surface area contributed by atoms with Crippen LogP contribution >= 0.6 is 0 Å². The van der Waals surface area contributed by atoms with Gasteiger partial charge in [-0.05, 0) is 32.0 Å². The molecule has 0 aliphatic rings. The lowest BCUT2D eigenvalue weighted by Gasteiger charge is -2.14. The summed E-state index contributed by atoms with van der Waals surface area (Å²) in [6.07, 6.45) is -4.39. The van der Waals surface area contributed by atoms with Crippen LogP contribution in [0.4, 0.5) is 19.0 Å². The van der Waals surface area contributed by atoms with E-state index in [1.165, 1.54) is 23.7 Å². The molecule has 1 N–H and O–H groups in total. The zero-order chi connectivity index (χ0) is 22.8. The van der Waals surface area contributed by atoms with Gasteiger partial charge in [0.2, 0.25) is 5.43 Å². The number of hydrogen-bond acceptors (Lipinski definition) is 5. The fraction of sp³-hybridized carbons (Fsp3) is 0.250. The van der Waals surface area contributed by atoms with Gasteiger partial charge in [-0.3, -0.25) is 9.59 Å². The molecule has 0 unspecified atom stereocenters. The molecule has 0 aliphatic carbocycles. The normalized spacial score (nSPS) is 11.2. The molecule has 11 heteroatoms. The monoisotopic (exact) mass is 430 g/mol. The standard InChI is InChI=1S/C20H17F3N6O2/c1-12-9-17(28(26-12)8-4-7-24)25-19(31)18-16(30)10-13(2)29(27-18)15-6-3-5-14(11-15)20(21,22)23/h3,5-6,9-11H,4,8H2,1-2H3,(H,25,31). The first-order chi connectivity index (χ1) is 14.6. The van der Waals surface area contributed by atoms with Gasteiger partial charge >= 0.3 is 6.18 Å². The number of rotatable bonds is 5. The van der Waals surface area contributed by atoms with Gasteiger partial charge < -0.3 is 5.32 Å². The molecule has 0 radical (unpaired) electrons. The van der Waals surface area contributed by atoms with Crippen molar-refractivity contribution in [1.82, 2.24) is 19.6 Å². The van der Waals surface area contributed by atoms with Gasteiger partial charge in [-0.15, -0.1) is 0 Å². The molecule has 0 saturated heterocycles. The van der Waals surface area contributed by atoms with Crippen molar-refractivity contribution >= 4 is 11.7 Å². The summed E-state index contributed by atoms with van der Waals surface area (Å²) in [5, 5.41) is 19.5. The number of aryl methyl sites for hydroxylation is 3. The van der Waals surface area contributed by atoms with Crippen LogP contribution in [0.5, 0.6) is 0 Å². The van der Waals surface area contributed by atoms with Gasteiger partial charge in [-0.1, -0.05) is 6.07 Å². The topological polar surface area (TPSA) is 106 Å². The summed E-state index contributed by atoms with van der Waals surface area (Å²) in [7, 11) is 0. The van der Waals surface area contributed by atoms with E-state index in [-0.39, 0.29) is 30.2 Å². The number of nitrogens with one attached hydrogen (secondary N) is 1. The zero-order valence-corrected chi connectivity index (χ0v) is 16.6. The summed E-state index contributed by atoms with van der Waals surface area (Å²) in [5.41, 5.74) is -1.15. The van der Waals surface area contributed by atoms with Crippen LogP contribution in [-0.2, 0) is 12.7 Å². The lowest BCUT2D eigenvalue weighted by Crippen LogP contribution is -2.27. The molecule has 0 bridgehead atoms. The Morgan fingerprint density at radius 3 is 2.61 bits per heavy atom. The predicted octanol–water partition coefficient (Wildman–Crippen LogP) is 3.23. The fourth-order valence-corrected chi connectivity index (χ4v) is 2.93. The lowest BCUT2D eigenvalue weighted by atomic mass is 10.2. The second-order valence-electron chi connectivity index (χ2n) is 6.71. The Morgan fingerprint density at radius 1 is 1.19 bits per heavy atom. The fourth-order valence-electron chi connectivity index (χ4n) is 2.93. The molecule has 0 saturated carbocycles. The van der Waals surface area contributed by atoms with E-state index >= 15 is 0 Å². The minimum absolute atomic E-state index is 0.0521. The van der Waals surface area contributed by atoms with E-state index < -0.39 is 28.8 Å². The van der Waals surface area contributed by atoms with E-state index in [4.69, 9.17) is 5.26 Å². The zero-order valence-electron chi connectivity index (χ0n) is 16.6. The molecule has 2 heterocycles. The van der Waals surface area contributed by atoms with Crippen molar-refractivity contribution in [3.05, 3.63) is 69.3 Å². The third kappa shape index (κ3) is 4.80. The van der Waals surface area contributed by atoms with E-state index in [2.05, 4.69) is 15.5 Å². The van der Waals surface area contributed by atoms with Crippen LogP contribution in [0.15, 0.2) is 41.2 Å². The molecule has 2 aromatic heterocycles. The second-order valence-corrected chi connectivity index (χ2v) is 6.71. The molecule has 3 rings (SSSR count). The highest BCUT2D eigenvalue weighted by molar-refractivity contribution is 6.02. The summed E-state index contributed by atoms with van der Waals surface area (Å²) in [6, 6.07) is 9.07. The van der Waals surface area contributed by atoms with E-state index in [0.717, 1.165) is 22.9 Å². The molecule has 0 atom stereocenters. The Hall–Kier alpha value is -3.94. The first-order valence-corrected chi connectivity index (χ1v) is 9.11. The number of carbonyl (C=O) groups is 1. The predicted molar refractivity (Wildman–Crippen MR) is 105 cm³/mol. The van der Waals surface area contributed by atoms with Crippen LogP contribution in [0.3, 0.4) is 0 Å². The van der Waals surface area contributed by atoms with Gasteiger partial charge in [0.25, 0.3) is 5.91 Å². The quantitative estimate of drug-likeness (QED) is 0.669. The Labute approximate surface area is 174 Å². The van der Waals surface area contributed by atoms with Crippen LogP contribution in [0.25, 0.3) is 5.69 Å². The van der Waals surface area contributed by atoms with Crippen molar-refractivity contribution < 1.29 is 18.0 Å². The number of nitriles is 1. The largest absolute Gasteiger partial charge is 0.416 e. The van der Waals surface area contributed by atoms with Gasteiger partial charge in [0.05, 0.1) is 36.0 Å². The van der Waals surface area contributed by atoms with Crippen LogP contribution in [-0.4, -0.2) is 25.5 Å². The molecule has 8 nitrogen and oxygen atoms in total. The van der Waals surface area contributed by atoms with Crippen molar-refractivity contribution in [1.29, 1.82) is 5.26 Å². The third-order valence-corrected chi connectivity index (χ3v) is 4.32. The van der Waals surface area contributed by atoms with E-state index in [1.54, 1.807) is 13.0 Å². The van der Waals surface area contributed by atoms with Crippen molar-refractivity contribution in [3.8, 4) is 11.8 Å². The molecular weight excluding hydrogens is 413 g/mol. The number of carbonyl (C=O) groups excluding carboxylic acids is 1. The number of nitrogens with zero attached hydrogens (tertiary/aromatic N) is 5. The molecular formula is C20H17F3N6O2. The van der Waals surface area contributed by atoms with Gasteiger partial charge in [0, 0.05) is 17.8 Å². The smallest absolute Gasteiger partial charge is 0.305 e. The van der Waals surface area contributed by atoms with Crippen LogP contribution in [0, 0.1) is 25.2 Å². The van der Waals surface area contributed by atoms with E-state index in [0.29, 0.717) is 5.69 Å². The molecule has 0 aliphatic heterocycles. The number of benzene rings is 1. The molecule has 0 spiro atoms. The van der Waals surface area contributed by atoms with Gasteiger partial charge in [-0.2, -0.15) is 28.6 Å². The van der Waals surface area contributed by atoms with Crippen LogP contribution < -0.4 is 10.7 Å². The molecule has 31 heavy (non-hydrogen) atoms. The van der Waals surface area contributed by atoms with Crippen LogP contribution in [0.1, 0.15) is 33.9 Å². The number of aromatic nitrogens is 4. The van der Waals surface area contributed by atoms with Crippen molar-refractivity contribution in [2.75, 3.05) is 5.32 Å². The summed E-state index contributed by atoms with van der Waals surface area (Å²) in [4.78, 5) is 25.1. The van der Waals surface area contributed by atoms with E-state index in [9.17, 15) is 22.8 Å². The molecule has 1 aromatic carbocycles. The summed E-state index contributed by atoms with van der Waals surface area (Å²) >= 11 is 0. The minimum Gasteiger partial charge on any atom is -0.305 e. The summed E-state index contributed by atoms with van der Waals surface area (Å²) < 4.78 is 41.7. The maximum atomic E-state index is 13.1. The van der Waals surface area contributed by atoms with Crippen molar-refractivity contribution in [3.63, 3.8) is 0 Å². The Kier molecular flexibility index (Phi) is 5.92. The Balaban J connectivity index is 1.98. The first-order valence-electron chi connectivity index (χ1n) is 9.11. The molecule has 0 fully saturated rings.